The zero-order valence-corrected chi connectivity index (χ0v) is 19.4. The number of aromatic nitrogens is 1. The molecule has 0 bridgehead atoms. The number of carbonyl (C=O) groups is 1. The van der Waals surface area contributed by atoms with E-state index in [0.29, 0.717) is 49.2 Å². The van der Waals surface area contributed by atoms with Crippen LogP contribution in [-0.2, 0) is 17.1 Å². The molecule has 9 heteroatoms. The van der Waals surface area contributed by atoms with Gasteiger partial charge in [-0.15, -0.1) is 0 Å². The third-order valence-electron chi connectivity index (χ3n) is 5.46. The van der Waals surface area contributed by atoms with Crippen molar-refractivity contribution in [2.45, 2.75) is 44.9 Å². The second kappa shape index (κ2) is 9.74. The second-order valence-corrected chi connectivity index (χ2v) is 9.39. The molecule has 8 nitrogen and oxygen atoms in total. The zero-order chi connectivity index (χ0) is 22.6. The minimum atomic E-state index is -3.64. The lowest BCUT2D eigenvalue weighted by atomic mass is 10.2. The molecule has 3 rings (SSSR count). The molecule has 0 unspecified atom stereocenters. The third kappa shape index (κ3) is 4.88. The first-order chi connectivity index (χ1) is 14.8. The Hall–Kier alpha value is -2.52. The fourth-order valence-corrected chi connectivity index (χ4v) is 5.51. The summed E-state index contributed by atoms with van der Waals surface area (Å²) in [5.74, 6) is 0.712. The topological polar surface area (TPSA) is 89.9 Å². The van der Waals surface area contributed by atoms with E-state index in [0.717, 1.165) is 19.3 Å². The zero-order valence-electron chi connectivity index (χ0n) is 18.6. The Morgan fingerprint density at radius 3 is 2.39 bits per heavy atom. The number of benzene rings is 1. The number of hydrogen-bond acceptors (Lipinski definition) is 5. The average molecular weight is 450 g/mol. The predicted octanol–water partition coefficient (Wildman–Crippen LogP) is 3.56. The summed E-state index contributed by atoms with van der Waals surface area (Å²) in [5.41, 5.74) is 1.26. The van der Waals surface area contributed by atoms with Crippen molar-refractivity contribution in [2.24, 2.45) is 7.05 Å². The van der Waals surface area contributed by atoms with Crippen LogP contribution in [-0.4, -0.2) is 49.5 Å². The molecule has 0 spiro atoms. The summed E-state index contributed by atoms with van der Waals surface area (Å²) >= 11 is 0. The second-order valence-electron chi connectivity index (χ2n) is 7.48. The van der Waals surface area contributed by atoms with E-state index in [1.165, 1.54) is 10.4 Å². The lowest BCUT2D eigenvalue weighted by molar-refractivity contribution is 0.101. The van der Waals surface area contributed by atoms with Crippen molar-refractivity contribution in [1.29, 1.82) is 0 Å². The number of sulfonamides is 1. The molecule has 1 aliphatic heterocycles. The number of carbonyl (C=O) groups excluding carboxylic acids is 1. The van der Waals surface area contributed by atoms with Gasteiger partial charge in [0.1, 0.15) is 22.1 Å². The van der Waals surface area contributed by atoms with E-state index < -0.39 is 15.9 Å². The van der Waals surface area contributed by atoms with Crippen molar-refractivity contribution in [3.05, 3.63) is 35.7 Å². The number of amides is 1. The van der Waals surface area contributed by atoms with Gasteiger partial charge in [-0.25, -0.2) is 8.42 Å². The van der Waals surface area contributed by atoms with Gasteiger partial charge in [0.25, 0.3) is 5.91 Å². The van der Waals surface area contributed by atoms with Crippen LogP contribution in [0.3, 0.4) is 0 Å². The van der Waals surface area contributed by atoms with Crippen molar-refractivity contribution in [3.63, 3.8) is 0 Å². The largest absolute Gasteiger partial charge is 0.494 e. The van der Waals surface area contributed by atoms with Crippen LogP contribution in [0, 0.1) is 6.92 Å². The number of rotatable bonds is 8. The van der Waals surface area contributed by atoms with Crippen LogP contribution in [0.1, 0.15) is 49.3 Å². The highest BCUT2D eigenvalue weighted by atomic mass is 32.2. The summed E-state index contributed by atoms with van der Waals surface area (Å²) in [4.78, 5) is 13.3. The molecule has 170 valence electrons. The van der Waals surface area contributed by atoms with Gasteiger partial charge in [0, 0.05) is 31.9 Å². The summed E-state index contributed by atoms with van der Waals surface area (Å²) in [6.45, 7) is 7.43. The van der Waals surface area contributed by atoms with Crippen molar-refractivity contribution in [2.75, 3.05) is 31.6 Å². The average Bonchev–Trinajstić information content (AvgIpc) is 3.06. The van der Waals surface area contributed by atoms with Crippen molar-refractivity contribution >= 4 is 21.6 Å². The van der Waals surface area contributed by atoms with Crippen LogP contribution in [0.2, 0.25) is 0 Å². The molecule has 2 heterocycles. The lowest BCUT2D eigenvalue weighted by Crippen LogP contribution is -2.35. The molecule has 1 aromatic heterocycles. The number of nitrogens with zero attached hydrogens (tertiary/aromatic N) is 2. The molecule has 1 fully saturated rings. The minimum Gasteiger partial charge on any atom is -0.494 e. The van der Waals surface area contributed by atoms with Gasteiger partial charge in [-0.1, -0.05) is 6.42 Å². The summed E-state index contributed by atoms with van der Waals surface area (Å²) in [5, 5.41) is 2.85. The molecular formula is C22H31N3O5S. The molecule has 1 saturated heterocycles. The smallest absolute Gasteiger partial charge is 0.272 e. The van der Waals surface area contributed by atoms with E-state index in [1.54, 1.807) is 36.7 Å². The fraction of sp³-hybridized carbons (Fsp3) is 0.500. The van der Waals surface area contributed by atoms with Gasteiger partial charge in [-0.2, -0.15) is 4.31 Å². The Morgan fingerprint density at radius 1 is 1.06 bits per heavy atom. The summed E-state index contributed by atoms with van der Waals surface area (Å²) in [6, 6.07) is 6.68. The van der Waals surface area contributed by atoms with Gasteiger partial charge in [0.05, 0.1) is 18.9 Å². The predicted molar refractivity (Wildman–Crippen MR) is 119 cm³/mol. The Kier molecular flexibility index (Phi) is 7.27. The van der Waals surface area contributed by atoms with Crippen LogP contribution in [0.4, 0.5) is 5.69 Å². The van der Waals surface area contributed by atoms with Crippen molar-refractivity contribution in [1.82, 2.24) is 8.87 Å². The van der Waals surface area contributed by atoms with E-state index in [-0.39, 0.29) is 10.6 Å². The quantitative estimate of drug-likeness (QED) is 0.666. The standard InChI is InChI=1S/C22H31N3O5S/c1-5-29-17-10-11-20(30-6-2)18(14-17)23-22(26)19-15-21(16(3)24(19)4)31(27,28)25-12-8-7-9-13-25/h10-11,14-15H,5-9,12-13H2,1-4H3,(H,23,26). The van der Waals surface area contributed by atoms with E-state index in [9.17, 15) is 13.2 Å². The monoisotopic (exact) mass is 449 g/mol. The Bertz CT molecular complexity index is 1040. The van der Waals surface area contributed by atoms with Crippen LogP contribution in [0.15, 0.2) is 29.2 Å². The molecule has 1 aromatic carbocycles. The van der Waals surface area contributed by atoms with Gasteiger partial charge >= 0.3 is 0 Å². The van der Waals surface area contributed by atoms with Gasteiger partial charge in [0.2, 0.25) is 10.0 Å². The van der Waals surface area contributed by atoms with Gasteiger partial charge < -0.3 is 19.4 Å². The maximum Gasteiger partial charge on any atom is 0.272 e. The molecule has 0 aliphatic carbocycles. The summed E-state index contributed by atoms with van der Waals surface area (Å²) in [6.07, 6.45) is 2.75. The van der Waals surface area contributed by atoms with E-state index >= 15 is 0 Å². The van der Waals surface area contributed by atoms with E-state index in [2.05, 4.69) is 5.32 Å². The molecule has 1 N–H and O–H groups in total. The molecule has 31 heavy (non-hydrogen) atoms. The summed E-state index contributed by atoms with van der Waals surface area (Å²) in [7, 11) is -1.95. The molecule has 0 radical (unpaired) electrons. The minimum absolute atomic E-state index is 0.176. The number of hydrogen-bond donors (Lipinski definition) is 1. The number of nitrogens with one attached hydrogen (secondary N) is 1. The van der Waals surface area contributed by atoms with Crippen LogP contribution < -0.4 is 14.8 Å². The first-order valence-corrected chi connectivity index (χ1v) is 12.1. The molecular weight excluding hydrogens is 418 g/mol. The van der Waals surface area contributed by atoms with Gasteiger partial charge in [-0.3, -0.25) is 4.79 Å². The maximum atomic E-state index is 13.2. The molecule has 1 amide bonds. The molecule has 0 saturated carbocycles. The van der Waals surface area contributed by atoms with Crippen molar-refractivity contribution in [3.8, 4) is 11.5 Å². The van der Waals surface area contributed by atoms with Crippen LogP contribution in [0.5, 0.6) is 11.5 Å². The van der Waals surface area contributed by atoms with E-state index in [4.69, 9.17) is 9.47 Å². The highest BCUT2D eigenvalue weighted by molar-refractivity contribution is 7.89. The number of anilines is 1. The number of ether oxygens (including phenoxy) is 2. The van der Waals surface area contributed by atoms with Crippen LogP contribution >= 0.6 is 0 Å². The SMILES string of the molecule is CCOc1ccc(OCC)c(NC(=O)c2cc(S(=O)(=O)N3CCCCC3)c(C)n2C)c1. The maximum absolute atomic E-state index is 13.2. The normalized spacial score (nSPS) is 15.0. The lowest BCUT2D eigenvalue weighted by Gasteiger charge is -2.25. The van der Waals surface area contributed by atoms with Crippen LogP contribution in [0.25, 0.3) is 0 Å². The van der Waals surface area contributed by atoms with Gasteiger partial charge in [-0.05, 0) is 51.8 Å². The molecule has 2 aromatic rings. The highest BCUT2D eigenvalue weighted by Crippen LogP contribution is 2.31. The fourth-order valence-electron chi connectivity index (χ4n) is 3.73. The Labute approximate surface area is 184 Å². The first kappa shape index (κ1) is 23.1. The Balaban J connectivity index is 1.91. The Morgan fingerprint density at radius 2 is 1.74 bits per heavy atom. The highest BCUT2D eigenvalue weighted by Gasteiger charge is 2.31. The molecule has 0 atom stereocenters. The van der Waals surface area contributed by atoms with E-state index in [1.807, 2.05) is 13.8 Å². The first-order valence-electron chi connectivity index (χ1n) is 10.7. The number of piperidine rings is 1. The summed E-state index contributed by atoms with van der Waals surface area (Å²) < 4.78 is 40.6. The van der Waals surface area contributed by atoms with Gasteiger partial charge in [0.15, 0.2) is 0 Å². The van der Waals surface area contributed by atoms with Crippen molar-refractivity contribution < 1.29 is 22.7 Å². The third-order valence-corrected chi connectivity index (χ3v) is 7.48. The molecule has 1 aliphatic rings.